The number of nitrogens with one attached hydrogen (secondary N) is 1. The van der Waals surface area contributed by atoms with Crippen LogP contribution in [-0.2, 0) is 0 Å². The van der Waals surface area contributed by atoms with E-state index in [0.29, 0.717) is 0 Å². The van der Waals surface area contributed by atoms with Crippen LogP contribution in [0.2, 0.25) is 0 Å². The molecule has 2 rings (SSSR count). The second-order valence-electron chi connectivity index (χ2n) is 4.02. The Morgan fingerprint density at radius 3 is 2.65 bits per heavy atom. The Bertz CT molecular complexity index is 622. The van der Waals surface area contributed by atoms with E-state index in [-0.39, 0.29) is 5.69 Å². The number of allylic oxidation sites excluding steroid dienone is 2. The van der Waals surface area contributed by atoms with Gasteiger partial charge in [-0.05, 0) is 31.6 Å². The number of aromatic amines is 1. The van der Waals surface area contributed by atoms with Gasteiger partial charge in [0.2, 0.25) is 0 Å². The predicted molar refractivity (Wildman–Crippen MR) is 67.4 cm³/mol. The number of aromatic nitrogens is 1. The number of hydrogen-bond donors (Lipinski definition) is 2. The number of rotatable bonds is 2. The van der Waals surface area contributed by atoms with Gasteiger partial charge < -0.3 is 10.7 Å². The summed E-state index contributed by atoms with van der Waals surface area (Å²) >= 11 is 0. The van der Waals surface area contributed by atoms with E-state index in [1.165, 1.54) is 6.07 Å². The van der Waals surface area contributed by atoms with E-state index in [4.69, 9.17) is 5.73 Å². The maximum absolute atomic E-state index is 10.7. The van der Waals surface area contributed by atoms with Crippen molar-refractivity contribution in [1.29, 1.82) is 0 Å². The van der Waals surface area contributed by atoms with Gasteiger partial charge in [0.05, 0.1) is 4.92 Å². The van der Waals surface area contributed by atoms with Gasteiger partial charge in [0.15, 0.2) is 0 Å². The minimum atomic E-state index is -0.400. The molecule has 1 heterocycles. The first-order chi connectivity index (χ1) is 7.99. The fourth-order valence-electron chi connectivity index (χ4n) is 1.65. The molecule has 0 atom stereocenters. The van der Waals surface area contributed by atoms with Gasteiger partial charge in [-0.2, -0.15) is 0 Å². The van der Waals surface area contributed by atoms with Crippen molar-refractivity contribution in [2.75, 3.05) is 0 Å². The fourth-order valence-corrected chi connectivity index (χ4v) is 1.65. The highest BCUT2D eigenvalue weighted by Crippen LogP contribution is 2.25. The molecule has 1 aromatic heterocycles. The van der Waals surface area contributed by atoms with Crippen LogP contribution >= 0.6 is 0 Å². The van der Waals surface area contributed by atoms with E-state index in [2.05, 4.69) is 4.98 Å². The zero-order chi connectivity index (χ0) is 12.6. The van der Waals surface area contributed by atoms with Crippen molar-refractivity contribution in [3.05, 3.63) is 45.8 Å². The average Bonchev–Trinajstić information content (AvgIpc) is 2.69. The second kappa shape index (κ2) is 3.93. The number of benzene rings is 1. The van der Waals surface area contributed by atoms with E-state index < -0.39 is 4.92 Å². The number of nitro groups is 1. The normalized spacial score (nSPS) is 12.6. The highest BCUT2D eigenvalue weighted by atomic mass is 16.6. The fraction of sp³-hybridized carbons (Fsp3) is 0.167. The molecule has 0 aliphatic carbocycles. The summed E-state index contributed by atoms with van der Waals surface area (Å²) in [6.45, 7) is 3.73. The number of H-pyrrole nitrogens is 1. The molecular formula is C12H13N3O2. The summed E-state index contributed by atoms with van der Waals surface area (Å²) in [5, 5.41) is 11.5. The third-order valence-electron chi connectivity index (χ3n) is 2.81. The smallest absolute Gasteiger partial charge is 0.270 e. The summed E-state index contributed by atoms with van der Waals surface area (Å²) in [5.41, 5.74) is 9.24. The van der Waals surface area contributed by atoms with Crippen molar-refractivity contribution in [1.82, 2.24) is 4.98 Å². The summed E-state index contributed by atoms with van der Waals surface area (Å²) in [5.74, 6) is 0. The Hall–Kier alpha value is -2.30. The molecule has 88 valence electrons. The predicted octanol–water partition coefficient (Wildman–Crippen LogP) is 2.79. The maximum atomic E-state index is 10.7. The van der Waals surface area contributed by atoms with Crippen LogP contribution in [0.1, 0.15) is 19.5 Å². The SMILES string of the molecule is C/C(N)=C(/C)c1cc2cc([N+](=O)[O-])ccc2[nH]1. The lowest BCUT2D eigenvalue weighted by Gasteiger charge is -1.99. The molecule has 17 heavy (non-hydrogen) atoms. The zero-order valence-electron chi connectivity index (χ0n) is 9.65. The van der Waals surface area contributed by atoms with Gasteiger partial charge in [-0.3, -0.25) is 10.1 Å². The summed E-state index contributed by atoms with van der Waals surface area (Å²) in [7, 11) is 0. The van der Waals surface area contributed by atoms with Crippen LogP contribution in [0.25, 0.3) is 16.5 Å². The standard InChI is InChI=1S/C12H13N3O2/c1-7(8(2)13)12-6-9-5-10(15(16)17)3-4-11(9)14-12/h3-6,14H,13H2,1-2H3/b8-7+. The molecule has 5 heteroatoms. The average molecular weight is 231 g/mol. The number of nitrogens with two attached hydrogens (primary N) is 1. The minimum absolute atomic E-state index is 0.0918. The van der Waals surface area contributed by atoms with Crippen molar-refractivity contribution in [2.24, 2.45) is 5.73 Å². The van der Waals surface area contributed by atoms with Crippen LogP contribution in [0.3, 0.4) is 0 Å². The second-order valence-corrected chi connectivity index (χ2v) is 4.02. The maximum Gasteiger partial charge on any atom is 0.270 e. The van der Waals surface area contributed by atoms with Gasteiger partial charge in [0, 0.05) is 34.4 Å². The topological polar surface area (TPSA) is 84.9 Å². The lowest BCUT2D eigenvalue weighted by Crippen LogP contribution is -1.94. The first-order valence-corrected chi connectivity index (χ1v) is 5.19. The highest BCUT2D eigenvalue weighted by Gasteiger charge is 2.09. The number of non-ortho nitro benzene ring substituents is 1. The van der Waals surface area contributed by atoms with E-state index in [1.807, 2.05) is 19.9 Å². The minimum Gasteiger partial charge on any atom is -0.402 e. The van der Waals surface area contributed by atoms with E-state index in [1.54, 1.807) is 12.1 Å². The van der Waals surface area contributed by atoms with Crippen molar-refractivity contribution >= 4 is 22.2 Å². The molecule has 0 aliphatic heterocycles. The van der Waals surface area contributed by atoms with Gasteiger partial charge in [-0.1, -0.05) is 0 Å². The number of nitrogens with zero attached hydrogens (tertiary/aromatic N) is 1. The molecule has 0 saturated carbocycles. The summed E-state index contributed by atoms with van der Waals surface area (Å²) in [4.78, 5) is 13.4. The van der Waals surface area contributed by atoms with Crippen LogP contribution in [-0.4, -0.2) is 9.91 Å². The molecule has 0 bridgehead atoms. The van der Waals surface area contributed by atoms with Crippen LogP contribution in [0, 0.1) is 10.1 Å². The van der Waals surface area contributed by atoms with E-state index in [9.17, 15) is 10.1 Å². The van der Waals surface area contributed by atoms with Gasteiger partial charge >= 0.3 is 0 Å². The molecule has 0 aliphatic rings. The van der Waals surface area contributed by atoms with Crippen LogP contribution < -0.4 is 5.73 Å². The van der Waals surface area contributed by atoms with Crippen LogP contribution in [0.5, 0.6) is 0 Å². The number of nitro benzene ring substituents is 1. The summed E-state index contributed by atoms with van der Waals surface area (Å²) < 4.78 is 0. The Morgan fingerprint density at radius 2 is 2.06 bits per heavy atom. The molecular weight excluding hydrogens is 218 g/mol. The number of fused-ring (bicyclic) bond motifs is 1. The van der Waals surface area contributed by atoms with E-state index in [0.717, 1.165) is 27.9 Å². The molecule has 0 unspecified atom stereocenters. The Balaban J connectivity index is 2.59. The molecule has 5 nitrogen and oxygen atoms in total. The Labute approximate surface area is 98.1 Å². The number of hydrogen-bond acceptors (Lipinski definition) is 3. The van der Waals surface area contributed by atoms with E-state index >= 15 is 0 Å². The third kappa shape index (κ3) is 1.99. The van der Waals surface area contributed by atoms with Crippen molar-refractivity contribution in [2.45, 2.75) is 13.8 Å². The molecule has 0 fully saturated rings. The largest absolute Gasteiger partial charge is 0.402 e. The van der Waals surface area contributed by atoms with Gasteiger partial charge in [-0.25, -0.2) is 0 Å². The Kier molecular flexibility index (Phi) is 2.59. The van der Waals surface area contributed by atoms with Crippen molar-refractivity contribution in [3.63, 3.8) is 0 Å². The molecule has 3 N–H and O–H groups in total. The molecule has 1 aromatic carbocycles. The van der Waals surface area contributed by atoms with Gasteiger partial charge in [-0.15, -0.1) is 0 Å². The summed E-state index contributed by atoms with van der Waals surface area (Å²) in [6, 6.07) is 6.61. The lowest BCUT2D eigenvalue weighted by molar-refractivity contribution is -0.384. The zero-order valence-corrected chi connectivity index (χ0v) is 9.65. The molecule has 0 spiro atoms. The third-order valence-corrected chi connectivity index (χ3v) is 2.81. The molecule has 0 saturated heterocycles. The monoisotopic (exact) mass is 231 g/mol. The molecule has 0 amide bonds. The first kappa shape index (κ1) is 11.2. The Morgan fingerprint density at radius 1 is 1.35 bits per heavy atom. The molecule has 2 aromatic rings. The van der Waals surface area contributed by atoms with Crippen molar-refractivity contribution < 1.29 is 4.92 Å². The van der Waals surface area contributed by atoms with Crippen molar-refractivity contribution in [3.8, 4) is 0 Å². The molecule has 0 radical (unpaired) electrons. The van der Waals surface area contributed by atoms with Crippen LogP contribution in [0.15, 0.2) is 30.0 Å². The first-order valence-electron chi connectivity index (χ1n) is 5.19. The van der Waals surface area contributed by atoms with Gasteiger partial charge in [0.1, 0.15) is 0 Å². The quantitative estimate of drug-likeness (QED) is 0.615. The highest BCUT2D eigenvalue weighted by molar-refractivity contribution is 5.86. The van der Waals surface area contributed by atoms with Gasteiger partial charge in [0.25, 0.3) is 5.69 Å². The lowest BCUT2D eigenvalue weighted by atomic mass is 10.1. The van der Waals surface area contributed by atoms with Crippen LogP contribution in [0.4, 0.5) is 5.69 Å². The summed E-state index contributed by atoms with van der Waals surface area (Å²) in [6.07, 6.45) is 0.